The summed E-state index contributed by atoms with van der Waals surface area (Å²) >= 11 is 0. The van der Waals surface area contributed by atoms with Crippen LogP contribution in [0.2, 0.25) is 0 Å². The Morgan fingerprint density at radius 3 is 1.15 bits per heavy atom. The van der Waals surface area contributed by atoms with E-state index in [0.29, 0.717) is 12.8 Å². The summed E-state index contributed by atoms with van der Waals surface area (Å²) in [7, 11) is 0. The summed E-state index contributed by atoms with van der Waals surface area (Å²) in [5.41, 5.74) is 0. The summed E-state index contributed by atoms with van der Waals surface area (Å²) in [6.07, 6.45) is 56.2. The second kappa shape index (κ2) is 56.0. The molecule has 0 aromatic rings. The maximum absolute atomic E-state index is 13.4. The fourth-order valence-electron chi connectivity index (χ4n) is 10.5. The first kappa shape index (κ1) is 85.4. The van der Waals surface area contributed by atoms with Crippen molar-refractivity contribution in [3.05, 3.63) is 170 Å². The first-order chi connectivity index (χ1) is 46.8. The van der Waals surface area contributed by atoms with E-state index in [4.69, 9.17) is 28.4 Å². The van der Waals surface area contributed by atoms with Gasteiger partial charge in [0.1, 0.15) is 73.2 Å². The Morgan fingerprint density at radius 1 is 0.385 bits per heavy atom. The minimum Gasteiger partial charge on any atom is -0.394 e. The lowest BCUT2D eigenvalue weighted by molar-refractivity contribution is -0.379. The van der Waals surface area contributed by atoms with E-state index in [2.05, 4.69) is 177 Å². The molecule has 17 unspecified atom stereocenters. The number of carbonyl (C=O) groups is 1. The number of hydrogen-bond acceptors (Lipinski definition) is 18. The Balaban J connectivity index is 1.40. The molecule has 0 aromatic heterocycles. The summed E-state index contributed by atoms with van der Waals surface area (Å²) in [6.45, 7) is 1.50. The first-order valence-corrected chi connectivity index (χ1v) is 35.4. The summed E-state index contributed by atoms with van der Waals surface area (Å²) in [5.74, 6) is -0.331. The SMILES string of the molecule is CC/C=C\C/C=C\C/C=C\C/C=C\C/C=C\C/C=C\C/C=C\C/C=C\C/C=C\C/C=C\C/C=C\CCCCCC(=O)NC(COC1OC(CO)C(OC2OC(CO)C(OC3OC(CO)C(O)C(O)C3O)C(O)C2O)C(O)C1O)C(O)/C=C/CC/C=C/CC/C=C/CCCCCC. The van der Waals surface area contributed by atoms with Crippen LogP contribution in [0.4, 0.5) is 0 Å². The third-order valence-electron chi connectivity index (χ3n) is 16.2. The second-order valence-electron chi connectivity index (χ2n) is 24.2. The number of hydrogen-bond donors (Lipinski definition) is 12. The lowest BCUT2D eigenvalue weighted by Gasteiger charge is -2.48. The highest BCUT2D eigenvalue weighted by Gasteiger charge is 2.53. The molecule has 3 aliphatic heterocycles. The van der Waals surface area contributed by atoms with Gasteiger partial charge in [0.25, 0.3) is 0 Å². The van der Waals surface area contributed by atoms with Gasteiger partial charge in [0.2, 0.25) is 5.91 Å². The van der Waals surface area contributed by atoms with Crippen molar-refractivity contribution in [1.82, 2.24) is 5.32 Å². The van der Waals surface area contributed by atoms with Crippen molar-refractivity contribution in [3.63, 3.8) is 0 Å². The summed E-state index contributed by atoms with van der Waals surface area (Å²) in [6, 6.07) is -1.03. The van der Waals surface area contributed by atoms with E-state index in [1.807, 2.05) is 6.08 Å². The van der Waals surface area contributed by atoms with Crippen LogP contribution in [-0.4, -0.2) is 193 Å². The van der Waals surface area contributed by atoms with Crippen LogP contribution in [0.1, 0.15) is 174 Å². The van der Waals surface area contributed by atoms with E-state index >= 15 is 0 Å². The monoisotopic (exact) mass is 1350 g/mol. The molecule has 3 heterocycles. The number of aliphatic hydroxyl groups is 11. The van der Waals surface area contributed by atoms with Gasteiger partial charge in [-0.1, -0.05) is 210 Å². The summed E-state index contributed by atoms with van der Waals surface area (Å²) in [4.78, 5) is 13.4. The minimum atomic E-state index is -1.99. The molecular formula is C77H121NO18. The van der Waals surface area contributed by atoms with Crippen LogP contribution < -0.4 is 5.32 Å². The summed E-state index contributed by atoms with van der Waals surface area (Å²) in [5, 5.41) is 120. The van der Waals surface area contributed by atoms with E-state index < -0.39 is 131 Å². The predicted molar refractivity (Wildman–Crippen MR) is 378 cm³/mol. The minimum absolute atomic E-state index is 0.179. The Bertz CT molecular complexity index is 2400. The lowest BCUT2D eigenvalue weighted by atomic mass is 9.96. The van der Waals surface area contributed by atoms with Crippen molar-refractivity contribution < 1.29 is 89.4 Å². The van der Waals surface area contributed by atoms with E-state index in [1.54, 1.807) is 6.08 Å². The number of unbranched alkanes of at least 4 members (excludes halogenated alkanes) is 9. The van der Waals surface area contributed by atoms with Gasteiger partial charge in [0.05, 0.1) is 38.6 Å². The molecular weight excluding hydrogens is 1230 g/mol. The highest BCUT2D eigenvalue weighted by atomic mass is 16.8. The van der Waals surface area contributed by atoms with Gasteiger partial charge >= 0.3 is 0 Å². The van der Waals surface area contributed by atoms with Gasteiger partial charge in [-0.15, -0.1) is 0 Å². The normalized spacial score (nSPS) is 28.1. The van der Waals surface area contributed by atoms with Crippen LogP contribution >= 0.6 is 0 Å². The molecule has 0 aliphatic carbocycles. The van der Waals surface area contributed by atoms with Crippen molar-refractivity contribution in [1.29, 1.82) is 0 Å². The second-order valence-corrected chi connectivity index (χ2v) is 24.2. The van der Waals surface area contributed by atoms with Crippen molar-refractivity contribution in [2.24, 2.45) is 0 Å². The maximum Gasteiger partial charge on any atom is 0.220 e. The molecule has 0 aromatic carbocycles. The molecule has 19 nitrogen and oxygen atoms in total. The van der Waals surface area contributed by atoms with Gasteiger partial charge in [-0.2, -0.15) is 0 Å². The molecule has 3 aliphatic rings. The van der Waals surface area contributed by atoms with Crippen molar-refractivity contribution in [3.8, 4) is 0 Å². The summed E-state index contributed by atoms with van der Waals surface area (Å²) < 4.78 is 34.2. The number of carbonyl (C=O) groups excluding carboxylic acids is 1. The average Bonchev–Trinajstić information content (AvgIpc) is 0.787. The first-order valence-electron chi connectivity index (χ1n) is 35.4. The lowest BCUT2D eigenvalue weighted by Crippen LogP contribution is -2.66. The van der Waals surface area contributed by atoms with Gasteiger partial charge in [-0.05, 0) is 128 Å². The standard InChI is InChI=1S/C77H121NO18/c1-3-5-7-9-11-13-15-17-19-20-21-22-23-24-25-26-27-28-29-30-31-32-33-34-35-36-37-38-39-40-41-43-45-47-49-51-53-55-65(83)78-60(61(82)54-52-50-48-46-44-42-18-16-14-12-10-8-6-4-2)59-91-75-71(89)68(86)73(63(57-80)93-75)96-77-72(90)69(87)74(64(58-81)94-77)95-76-70(88)67(85)66(84)62(56-79)92-76/h5,7,11,13-14,16-17,19,21-22,24-25,27-28,30-31,33-34,36-37,39-40,43-46,52,54,60-64,66-77,79-82,84-90H,3-4,6,8-10,12,15,18,20,23,26,29,32,35,38,41-42,47-51,53,55-59H2,1-2H3,(H,78,83)/b7-5-,13-11-,16-14+,19-17-,22-21-,25-24-,28-27-,31-30-,34-33-,37-36-,40-39-,45-43-,46-44+,54-52+. The van der Waals surface area contributed by atoms with Crippen LogP contribution in [0.15, 0.2) is 170 Å². The van der Waals surface area contributed by atoms with Gasteiger partial charge in [-0.3, -0.25) is 4.79 Å². The van der Waals surface area contributed by atoms with Gasteiger partial charge < -0.3 is 89.9 Å². The quantitative estimate of drug-likeness (QED) is 0.0199. The maximum atomic E-state index is 13.4. The molecule has 3 fully saturated rings. The molecule has 17 atom stereocenters. The zero-order valence-corrected chi connectivity index (χ0v) is 57.3. The zero-order chi connectivity index (χ0) is 69.6. The van der Waals surface area contributed by atoms with Gasteiger partial charge in [0.15, 0.2) is 18.9 Å². The van der Waals surface area contributed by atoms with E-state index in [-0.39, 0.29) is 12.3 Å². The van der Waals surface area contributed by atoms with Crippen LogP contribution in [0, 0.1) is 0 Å². The number of rotatable bonds is 51. The Morgan fingerprint density at radius 2 is 0.729 bits per heavy atom. The fourth-order valence-corrected chi connectivity index (χ4v) is 10.5. The van der Waals surface area contributed by atoms with Crippen LogP contribution in [0.25, 0.3) is 0 Å². The van der Waals surface area contributed by atoms with E-state index in [0.717, 1.165) is 116 Å². The topological polar surface area (TPSA) is 307 Å². The third-order valence-corrected chi connectivity index (χ3v) is 16.2. The molecule has 3 rings (SSSR count). The zero-order valence-electron chi connectivity index (χ0n) is 57.3. The van der Waals surface area contributed by atoms with E-state index in [1.165, 1.54) is 25.7 Å². The van der Waals surface area contributed by atoms with E-state index in [9.17, 15) is 61.0 Å². The van der Waals surface area contributed by atoms with Crippen LogP contribution in [-0.2, 0) is 33.2 Å². The van der Waals surface area contributed by atoms with Gasteiger partial charge in [-0.25, -0.2) is 0 Å². The molecule has 12 N–H and O–H groups in total. The number of ether oxygens (including phenoxy) is 6. The molecule has 0 bridgehead atoms. The Labute approximate surface area is 573 Å². The fraction of sp³-hybridized carbons (Fsp3) is 0.623. The Kier molecular flexibility index (Phi) is 49.8. The third kappa shape index (κ3) is 36.8. The van der Waals surface area contributed by atoms with Crippen molar-refractivity contribution in [2.45, 2.75) is 279 Å². The average molecular weight is 1350 g/mol. The van der Waals surface area contributed by atoms with Gasteiger partial charge in [0, 0.05) is 6.42 Å². The molecule has 96 heavy (non-hydrogen) atoms. The highest BCUT2D eigenvalue weighted by molar-refractivity contribution is 5.76. The Hall–Kier alpha value is -4.85. The van der Waals surface area contributed by atoms with Crippen molar-refractivity contribution in [2.75, 3.05) is 26.4 Å². The van der Waals surface area contributed by atoms with Crippen LogP contribution in [0.3, 0.4) is 0 Å². The molecule has 0 radical (unpaired) electrons. The molecule has 0 saturated carbocycles. The number of aliphatic hydroxyl groups excluding tert-OH is 11. The smallest absolute Gasteiger partial charge is 0.220 e. The molecule has 542 valence electrons. The van der Waals surface area contributed by atoms with Crippen LogP contribution in [0.5, 0.6) is 0 Å². The largest absolute Gasteiger partial charge is 0.394 e. The number of allylic oxidation sites excluding steroid dienone is 27. The molecule has 1 amide bonds. The van der Waals surface area contributed by atoms with Crippen molar-refractivity contribution >= 4 is 5.91 Å². The molecule has 0 spiro atoms. The molecule has 19 heteroatoms. The number of nitrogens with one attached hydrogen (secondary N) is 1. The molecule has 3 saturated heterocycles. The predicted octanol–water partition coefficient (Wildman–Crippen LogP) is 9.88. The number of amides is 1. The highest BCUT2D eigenvalue weighted by Crippen LogP contribution is 2.33.